The van der Waals surface area contributed by atoms with Crippen molar-refractivity contribution in [2.75, 3.05) is 18.1 Å². The van der Waals surface area contributed by atoms with Crippen molar-refractivity contribution in [2.45, 2.75) is 18.9 Å². The summed E-state index contributed by atoms with van der Waals surface area (Å²) in [6, 6.07) is 17.1. The molecule has 3 aromatic carbocycles. The van der Waals surface area contributed by atoms with E-state index in [1.807, 2.05) is 36.6 Å². The predicted octanol–water partition coefficient (Wildman–Crippen LogP) is 6.52. The van der Waals surface area contributed by atoms with Crippen LogP contribution >= 0.6 is 22.9 Å². The molecule has 5 rings (SSSR count). The van der Waals surface area contributed by atoms with Crippen LogP contribution in [0.3, 0.4) is 0 Å². The number of nitrogens with zero attached hydrogens (tertiary/aromatic N) is 3. The number of sulfone groups is 1. The molecule has 5 aromatic rings. The lowest BCUT2D eigenvalue weighted by Crippen LogP contribution is -2.27. The van der Waals surface area contributed by atoms with E-state index in [9.17, 15) is 12.8 Å². The summed E-state index contributed by atoms with van der Waals surface area (Å²) < 4.78 is 43.7. The number of nitrogens with one attached hydrogen (secondary N) is 2. The van der Waals surface area contributed by atoms with E-state index in [1.165, 1.54) is 36.1 Å². The van der Waals surface area contributed by atoms with Crippen LogP contribution in [0, 0.1) is 5.82 Å². The van der Waals surface area contributed by atoms with Gasteiger partial charge in [-0.1, -0.05) is 36.7 Å². The summed E-state index contributed by atoms with van der Waals surface area (Å²) in [6.45, 7) is 2.53. The van der Waals surface area contributed by atoms with Crippen molar-refractivity contribution in [1.82, 2.24) is 20.3 Å². The van der Waals surface area contributed by atoms with Crippen molar-refractivity contribution in [2.24, 2.45) is 0 Å². The van der Waals surface area contributed by atoms with Crippen LogP contribution in [0.15, 0.2) is 72.4 Å². The van der Waals surface area contributed by atoms with Crippen molar-refractivity contribution < 1.29 is 17.5 Å². The van der Waals surface area contributed by atoms with Crippen LogP contribution in [0.1, 0.15) is 22.9 Å². The third kappa shape index (κ3) is 6.39. The number of halogens is 2. The number of thiazole rings is 1. The number of ether oxygens (including phenoxy) is 1. The Balaban J connectivity index is 1.38. The highest BCUT2D eigenvalue weighted by Gasteiger charge is 2.25. The molecule has 1 atom stereocenters. The van der Waals surface area contributed by atoms with E-state index in [1.54, 1.807) is 24.3 Å². The second kappa shape index (κ2) is 11.8. The van der Waals surface area contributed by atoms with Crippen molar-refractivity contribution >= 4 is 55.2 Å². The van der Waals surface area contributed by atoms with Gasteiger partial charge in [-0.15, -0.1) is 11.3 Å². The standard InChI is InChI=1S/C28H25ClFN5O3S2/c1-3-31-28(40(2,36)37)27-35-24(15-39-27)18-7-9-23-21(12-18)26(33-16-32-23)34-20-8-10-25(22(29)13-20)38-14-17-5-4-6-19(30)11-17/h4-13,15-16,28,31H,3,14H2,1-2H3,(H,32,33,34). The fourth-order valence-electron chi connectivity index (χ4n) is 4.08. The van der Waals surface area contributed by atoms with E-state index in [-0.39, 0.29) is 12.4 Å². The highest BCUT2D eigenvalue weighted by atomic mass is 35.5. The molecule has 12 heteroatoms. The normalized spacial score (nSPS) is 12.4. The van der Waals surface area contributed by atoms with E-state index in [2.05, 4.69) is 25.6 Å². The van der Waals surface area contributed by atoms with Crippen LogP contribution in [-0.4, -0.2) is 36.2 Å². The average Bonchev–Trinajstić information content (AvgIpc) is 3.40. The molecule has 8 nitrogen and oxygen atoms in total. The van der Waals surface area contributed by atoms with Crippen LogP contribution in [0.2, 0.25) is 5.02 Å². The molecule has 0 saturated carbocycles. The number of hydrogen-bond acceptors (Lipinski definition) is 9. The number of benzene rings is 3. The molecule has 1 unspecified atom stereocenters. The Kier molecular flexibility index (Phi) is 8.27. The fraction of sp³-hybridized carbons (Fsp3) is 0.179. The number of fused-ring (bicyclic) bond motifs is 1. The lowest BCUT2D eigenvalue weighted by molar-refractivity contribution is 0.306. The van der Waals surface area contributed by atoms with Crippen LogP contribution in [0.25, 0.3) is 22.2 Å². The number of anilines is 2. The van der Waals surface area contributed by atoms with E-state index in [0.717, 1.165) is 16.5 Å². The van der Waals surface area contributed by atoms with Crippen LogP contribution < -0.4 is 15.4 Å². The van der Waals surface area contributed by atoms with E-state index < -0.39 is 15.2 Å². The fourth-order valence-corrected chi connectivity index (χ4v) is 6.68. The van der Waals surface area contributed by atoms with Gasteiger partial charge in [0.05, 0.1) is 16.2 Å². The van der Waals surface area contributed by atoms with Crippen molar-refractivity contribution in [3.05, 3.63) is 93.8 Å². The monoisotopic (exact) mass is 597 g/mol. The molecule has 0 fully saturated rings. The Morgan fingerprint density at radius 3 is 2.70 bits per heavy atom. The SMILES string of the molecule is CCNC(c1nc(-c2ccc3ncnc(Nc4ccc(OCc5cccc(F)c5)c(Cl)c4)c3c2)cs1)S(C)(=O)=O. The van der Waals surface area contributed by atoms with Gasteiger partial charge in [0.1, 0.15) is 35.3 Å². The lowest BCUT2D eigenvalue weighted by Gasteiger charge is -2.13. The molecule has 0 aliphatic carbocycles. The molecule has 0 radical (unpaired) electrons. The minimum atomic E-state index is -3.38. The van der Waals surface area contributed by atoms with Gasteiger partial charge in [0.15, 0.2) is 15.2 Å². The van der Waals surface area contributed by atoms with Gasteiger partial charge in [0.2, 0.25) is 0 Å². The first-order valence-corrected chi connectivity index (χ1v) is 15.5. The molecular weight excluding hydrogens is 573 g/mol. The zero-order chi connectivity index (χ0) is 28.3. The van der Waals surface area contributed by atoms with Gasteiger partial charge in [-0.3, -0.25) is 5.32 Å². The topological polar surface area (TPSA) is 106 Å². The first-order chi connectivity index (χ1) is 19.2. The summed E-state index contributed by atoms with van der Waals surface area (Å²) in [5.41, 5.74) is 3.56. The Labute approximate surface area is 240 Å². The molecule has 0 aliphatic rings. The lowest BCUT2D eigenvalue weighted by atomic mass is 10.1. The summed E-state index contributed by atoms with van der Waals surface area (Å²) in [5, 5.41) is 8.88. The summed E-state index contributed by atoms with van der Waals surface area (Å²) in [6.07, 6.45) is 2.67. The Morgan fingerprint density at radius 2 is 1.95 bits per heavy atom. The van der Waals surface area contributed by atoms with Gasteiger partial charge in [0, 0.05) is 28.3 Å². The highest BCUT2D eigenvalue weighted by Crippen LogP contribution is 2.33. The van der Waals surface area contributed by atoms with Crippen LogP contribution in [0.5, 0.6) is 5.75 Å². The van der Waals surface area contributed by atoms with Gasteiger partial charge >= 0.3 is 0 Å². The van der Waals surface area contributed by atoms with Gasteiger partial charge in [-0.25, -0.2) is 27.8 Å². The van der Waals surface area contributed by atoms with E-state index in [4.69, 9.17) is 16.3 Å². The number of hydrogen-bond donors (Lipinski definition) is 2. The van der Waals surface area contributed by atoms with Crippen LogP contribution in [-0.2, 0) is 16.4 Å². The molecule has 206 valence electrons. The second-order valence-corrected chi connectivity index (χ2v) is 12.4. The molecule has 2 N–H and O–H groups in total. The number of aromatic nitrogens is 3. The maximum atomic E-state index is 13.4. The molecule has 0 spiro atoms. The van der Waals surface area contributed by atoms with Gasteiger partial charge in [0.25, 0.3) is 0 Å². The largest absolute Gasteiger partial charge is 0.487 e. The van der Waals surface area contributed by atoms with Crippen molar-refractivity contribution in [3.63, 3.8) is 0 Å². The quantitative estimate of drug-likeness (QED) is 0.187. The molecule has 0 aliphatic heterocycles. The van der Waals surface area contributed by atoms with Gasteiger partial charge in [-0.2, -0.15) is 0 Å². The molecule has 0 bridgehead atoms. The maximum Gasteiger partial charge on any atom is 0.170 e. The van der Waals surface area contributed by atoms with Crippen molar-refractivity contribution in [3.8, 4) is 17.0 Å². The summed E-state index contributed by atoms with van der Waals surface area (Å²) in [4.78, 5) is 13.4. The highest BCUT2D eigenvalue weighted by molar-refractivity contribution is 7.91. The van der Waals surface area contributed by atoms with E-state index >= 15 is 0 Å². The average molecular weight is 598 g/mol. The predicted molar refractivity (Wildman–Crippen MR) is 157 cm³/mol. The Hall–Kier alpha value is -3.64. The third-order valence-electron chi connectivity index (χ3n) is 5.97. The summed E-state index contributed by atoms with van der Waals surface area (Å²) >= 11 is 7.76. The Morgan fingerprint density at radius 1 is 1.10 bits per heavy atom. The smallest absolute Gasteiger partial charge is 0.170 e. The minimum Gasteiger partial charge on any atom is -0.487 e. The zero-order valence-corrected chi connectivity index (χ0v) is 23.9. The first-order valence-electron chi connectivity index (χ1n) is 12.3. The molecule has 2 heterocycles. The molecule has 0 saturated heterocycles. The second-order valence-electron chi connectivity index (χ2n) is 8.98. The van der Waals surface area contributed by atoms with Crippen LogP contribution in [0.4, 0.5) is 15.9 Å². The minimum absolute atomic E-state index is 0.182. The third-order valence-corrected chi connectivity index (χ3v) is 8.57. The number of rotatable bonds is 10. The van der Waals surface area contributed by atoms with Gasteiger partial charge < -0.3 is 10.1 Å². The molecule has 2 aromatic heterocycles. The first kappa shape index (κ1) is 27.9. The van der Waals surface area contributed by atoms with Gasteiger partial charge in [-0.05, 0) is 54.6 Å². The Bertz CT molecular complexity index is 1780. The molecular formula is C28H25ClFN5O3S2. The summed E-state index contributed by atoms with van der Waals surface area (Å²) in [7, 11) is -3.38. The maximum absolute atomic E-state index is 13.4. The van der Waals surface area contributed by atoms with E-state index in [0.29, 0.717) is 45.1 Å². The summed E-state index contributed by atoms with van der Waals surface area (Å²) in [5.74, 6) is 0.706. The van der Waals surface area contributed by atoms with Crippen molar-refractivity contribution in [1.29, 1.82) is 0 Å². The molecule has 0 amide bonds. The molecule has 40 heavy (non-hydrogen) atoms. The zero-order valence-electron chi connectivity index (χ0n) is 21.6.